The van der Waals surface area contributed by atoms with Crippen molar-refractivity contribution in [2.24, 2.45) is 5.18 Å². The molecule has 7 heteroatoms. The van der Waals surface area contributed by atoms with Gasteiger partial charge in [0.05, 0.1) is 11.8 Å². The summed E-state index contributed by atoms with van der Waals surface area (Å²) in [6.45, 7) is 1.99. The number of hydrogen-bond donors (Lipinski definition) is 1. The Bertz CT molecular complexity index is 1360. The molecule has 0 saturated heterocycles. The van der Waals surface area contributed by atoms with Gasteiger partial charge in [-0.1, -0.05) is 77.4 Å². The normalized spacial score (nSPS) is 12.7. The van der Waals surface area contributed by atoms with E-state index in [0.717, 1.165) is 34.0 Å². The molecule has 176 valence electrons. The second-order valence-corrected chi connectivity index (χ2v) is 8.69. The van der Waals surface area contributed by atoms with Gasteiger partial charge in [0.25, 0.3) is 0 Å². The van der Waals surface area contributed by atoms with Crippen LogP contribution in [0.1, 0.15) is 51.0 Å². The molecule has 0 amide bonds. The number of aromatic nitrogens is 1. The molecular weight excluding hydrogens is 467 g/mol. The molecule has 3 aromatic carbocycles. The Balaban J connectivity index is 1.70. The second kappa shape index (κ2) is 10.6. The molecule has 0 spiro atoms. The third-order valence-electron chi connectivity index (χ3n) is 6.14. The average molecular weight is 489 g/mol. The molecule has 5 nitrogen and oxygen atoms in total. The van der Waals surface area contributed by atoms with Crippen LogP contribution in [0.2, 0.25) is 5.15 Å². The Morgan fingerprint density at radius 3 is 2.23 bits per heavy atom. The summed E-state index contributed by atoms with van der Waals surface area (Å²) in [5.41, 5.74) is 5.15. The van der Waals surface area contributed by atoms with E-state index in [4.69, 9.17) is 16.7 Å². The van der Waals surface area contributed by atoms with Crippen LogP contribution < -0.4 is 0 Å². The van der Waals surface area contributed by atoms with Crippen molar-refractivity contribution >= 4 is 17.6 Å². The van der Waals surface area contributed by atoms with Gasteiger partial charge < -0.3 is 5.11 Å². The minimum atomic E-state index is -0.974. The highest BCUT2D eigenvalue weighted by atomic mass is 35.5. The highest BCUT2D eigenvalue weighted by Gasteiger charge is 2.26. The van der Waals surface area contributed by atoms with Crippen molar-refractivity contribution in [3.05, 3.63) is 129 Å². The zero-order valence-electron chi connectivity index (χ0n) is 18.9. The monoisotopic (exact) mass is 488 g/mol. The quantitative estimate of drug-likeness (QED) is 0.205. The maximum atomic E-state index is 14.5. The second-order valence-electron chi connectivity index (χ2n) is 8.30. The number of nitroso groups, excluding NO2 is 1. The number of carboxylic acid groups (broad SMARTS) is 1. The van der Waals surface area contributed by atoms with Gasteiger partial charge in [-0.05, 0) is 59.4 Å². The van der Waals surface area contributed by atoms with Crippen LogP contribution in [0.15, 0.2) is 90.2 Å². The van der Waals surface area contributed by atoms with Gasteiger partial charge in [-0.2, -0.15) is 4.91 Å². The van der Waals surface area contributed by atoms with Crippen LogP contribution in [0, 0.1) is 17.6 Å². The van der Waals surface area contributed by atoms with E-state index in [1.807, 2.05) is 55.5 Å². The summed E-state index contributed by atoms with van der Waals surface area (Å²) >= 11 is 5.96. The zero-order valence-corrected chi connectivity index (χ0v) is 19.6. The zero-order chi connectivity index (χ0) is 24.9. The van der Waals surface area contributed by atoms with E-state index in [-0.39, 0.29) is 28.6 Å². The van der Waals surface area contributed by atoms with Gasteiger partial charge in [0.2, 0.25) is 0 Å². The van der Waals surface area contributed by atoms with Crippen molar-refractivity contribution in [2.45, 2.75) is 25.3 Å². The fraction of sp³-hybridized carbons (Fsp3) is 0.143. The number of halogens is 2. The van der Waals surface area contributed by atoms with Gasteiger partial charge in [0.15, 0.2) is 0 Å². The first kappa shape index (κ1) is 24.2. The molecule has 4 rings (SSSR count). The van der Waals surface area contributed by atoms with Crippen LogP contribution in [0.5, 0.6) is 0 Å². The van der Waals surface area contributed by atoms with Crippen molar-refractivity contribution in [3.63, 3.8) is 0 Å². The van der Waals surface area contributed by atoms with E-state index >= 15 is 0 Å². The Morgan fingerprint density at radius 1 is 1.00 bits per heavy atom. The summed E-state index contributed by atoms with van der Waals surface area (Å²) in [5, 5.41) is 12.5. The lowest BCUT2D eigenvalue weighted by Crippen LogP contribution is -2.10. The van der Waals surface area contributed by atoms with Crippen molar-refractivity contribution in [1.29, 1.82) is 0 Å². The van der Waals surface area contributed by atoms with Crippen LogP contribution >= 0.6 is 11.6 Å². The maximum Gasteiger partial charge on any atom is 0.335 e. The number of carboxylic acids is 1. The number of nitrogens with zero attached hydrogens (tertiary/aromatic N) is 2. The summed E-state index contributed by atoms with van der Waals surface area (Å²) < 4.78 is 14.5. The predicted molar refractivity (Wildman–Crippen MR) is 134 cm³/mol. The van der Waals surface area contributed by atoms with Crippen LogP contribution in [0.4, 0.5) is 4.39 Å². The summed E-state index contributed by atoms with van der Waals surface area (Å²) in [5.74, 6) is -1.82. The molecule has 1 aromatic heterocycles. The number of rotatable bonds is 8. The highest BCUT2D eigenvalue weighted by molar-refractivity contribution is 6.29. The van der Waals surface area contributed by atoms with Crippen molar-refractivity contribution in [1.82, 2.24) is 4.98 Å². The lowest BCUT2D eigenvalue weighted by Gasteiger charge is -2.23. The average Bonchev–Trinajstić information content (AvgIpc) is 2.87. The lowest BCUT2D eigenvalue weighted by atomic mass is 9.82. The molecule has 0 aliphatic rings. The van der Waals surface area contributed by atoms with E-state index in [9.17, 15) is 14.1 Å². The Hall–Kier alpha value is -3.90. The number of carbonyl (C=O) groups is 1. The van der Waals surface area contributed by atoms with Crippen molar-refractivity contribution in [2.75, 3.05) is 0 Å². The third-order valence-corrected chi connectivity index (χ3v) is 6.35. The number of hydrogen-bond acceptors (Lipinski definition) is 4. The van der Waals surface area contributed by atoms with Crippen LogP contribution in [0.25, 0.3) is 11.1 Å². The standard InChI is InChI=1S/C28H22ClFN2O3/c1-17-4-2-3-5-22(17)23(14-26(32-35)24-15-27(29)31-16-25(24)30)20-10-6-18(7-11-20)19-8-12-21(13-9-19)28(33)34/h2-13,15-16,23,26H,14H2,1H3,(H,33,34)/t23-,26?/m1/s1. The molecule has 0 aliphatic heterocycles. The molecule has 1 heterocycles. The van der Waals surface area contributed by atoms with E-state index in [1.54, 1.807) is 24.3 Å². The van der Waals surface area contributed by atoms with Crippen LogP contribution in [-0.2, 0) is 0 Å². The van der Waals surface area contributed by atoms with Crippen LogP contribution in [0.3, 0.4) is 0 Å². The fourth-order valence-corrected chi connectivity index (χ4v) is 4.43. The van der Waals surface area contributed by atoms with Gasteiger partial charge >= 0.3 is 5.97 Å². The number of aryl methyl sites for hydroxylation is 1. The van der Waals surface area contributed by atoms with E-state index < -0.39 is 17.8 Å². The van der Waals surface area contributed by atoms with Crippen molar-refractivity contribution in [3.8, 4) is 11.1 Å². The molecule has 0 saturated carbocycles. The minimum absolute atomic E-state index is 0.0979. The number of pyridine rings is 1. The summed E-state index contributed by atoms with van der Waals surface area (Å²) in [6, 6.07) is 22.7. The minimum Gasteiger partial charge on any atom is -0.478 e. The summed E-state index contributed by atoms with van der Waals surface area (Å²) in [7, 11) is 0. The Kier molecular flexibility index (Phi) is 7.32. The summed E-state index contributed by atoms with van der Waals surface area (Å²) in [4.78, 5) is 26.7. The highest BCUT2D eigenvalue weighted by Crippen LogP contribution is 2.38. The van der Waals surface area contributed by atoms with Gasteiger partial charge in [-0.25, -0.2) is 14.2 Å². The number of aromatic carboxylic acids is 1. The Labute approximate surface area is 207 Å². The topological polar surface area (TPSA) is 79.6 Å². The molecule has 35 heavy (non-hydrogen) atoms. The SMILES string of the molecule is Cc1ccccc1[C@H](CC(N=O)c1cc(Cl)ncc1F)c1ccc(-c2ccc(C(=O)O)cc2)cc1. The first-order valence-electron chi connectivity index (χ1n) is 11.0. The fourth-order valence-electron chi connectivity index (χ4n) is 4.27. The van der Waals surface area contributed by atoms with E-state index in [0.29, 0.717) is 0 Å². The maximum absolute atomic E-state index is 14.5. The summed E-state index contributed by atoms with van der Waals surface area (Å²) in [6.07, 6.45) is 1.25. The van der Waals surface area contributed by atoms with Gasteiger partial charge in [-0.3, -0.25) is 0 Å². The molecule has 1 N–H and O–H groups in total. The van der Waals surface area contributed by atoms with Crippen molar-refractivity contribution < 1.29 is 14.3 Å². The van der Waals surface area contributed by atoms with Crippen LogP contribution in [-0.4, -0.2) is 16.1 Å². The first-order chi connectivity index (χ1) is 16.9. The Morgan fingerprint density at radius 2 is 1.63 bits per heavy atom. The molecule has 0 radical (unpaired) electrons. The number of benzene rings is 3. The molecule has 1 unspecified atom stereocenters. The molecule has 2 atom stereocenters. The molecule has 0 aliphatic carbocycles. The first-order valence-corrected chi connectivity index (χ1v) is 11.4. The van der Waals surface area contributed by atoms with E-state index in [1.165, 1.54) is 6.07 Å². The lowest BCUT2D eigenvalue weighted by molar-refractivity contribution is 0.0697. The molecule has 4 aromatic rings. The largest absolute Gasteiger partial charge is 0.478 e. The van der Waals surface area contributed by atoms with E-state index in [2.05, 4.69) is 10.2 Å². The molecule has 0 fully saturated rings. The third kappa shape index (κ3) is 5.44. The predicted octanol–water partition coefficient (Wildman–Crippen LogP) is 7.58. The van der Waals surface area contributed by atoms with Gasteiger partial charge in [0.1, 0.15) is 17.0 Å². The van der Waals surface area contributed by atoms with Gasteiger partial charge in [-0.15, -0.1) is 0 Å². The molecule has 0 bridgehead atoms. The molecular formula is C28H22ClFN2O3. The van der Waals surface area contributed by atoms with Gasteiger partial charge in [0, 0.05) is 11.5 Å². The smallest absolute Gasteiger partial charge is 0.335 e.